The summed E-state index contributed by atoms with van der Waals surface area (Å²) in [6.45, 7) is 1.60. The van der Waals surface area contributed by atoms with Crippen LogP contribution >= 0.6 is 27.5 Å². The molecule has 1 amide bonds. The Morgan fingerprint density at radius 3 is 2.63 bits per heavy atom. The monoisotopic (exact) mass is 369 g/mol. The highest BCUT2D eigenvalue weighted by Crippen LogP contribution is 2.35. The minimum absolute atomic E-state index is 0.199. The second-order valence-corrected chi connectivity index (χ2v) is 7.24. The second kappa shape index (κ2) is 5.03. The van der Waals surface area contributed by atoms with Gasteiger partial charge in [0.2, 0.25) is 5.91 Å². The zero-order valence-corrected chi connectivity index (χ0v) is 13.0. The van der Waals surface area contributed by atoms with Crippen LogP contribution in [0.15, 0.2) is 16.6 Å². The molecule has 0 aliphatic carbocycles. The van der Waals surface area contributed by atoms with Gasteiger partial charge in [0, 0.05) is 22.5 Å². The summed E-state index contributed by atoms with van der Waals surface area (Å²) in [5.74, 6) is -0.438. The molecule has 0 spiro atoms. The molecule has 2 rings (SSSR count). The van der Waals surface area contributed by atoms with Crippen molar-refractivity contribution < 1.29 is 17.1 Å². The lowest BCUT2D eigenvalue weighted by molar-refractivity contribution is -0.117. The molecule has 8 heteroatoms. The molecular formula is C11H10BrClFNO3S. The third-order valence-corrected chi connectivity index (χ3v) is 5.16. The Labute approximate surface area is 123 Å². The first-order chi connectivity index (χ1) is 8.70. The zero-order valence-electron chi connectivity index (χ0n) is 9.86. The van der Waals surface area contributed by atoms with Gasteiger partial charge < -0.3 is 4.90 Å². The second-order valence-electron chi connectivity index (χ2n) is 4.36. The average Bonchev–Trinajstić information content (AvgIpc) is 2.65. The van der Waals surface area contributed by atoms with Crippen molar-refractivity contribution in [2.45, 2.75) is 18.6 Å². The van der Waals surface area contributed by atoms with Crippen LogP contribution in [0.5, 0.6) is 0 Å². The normalized spacial score (nSPS) is 20.1. The van der Waals surface area contributed by atoms with E-state index in [1.807, 2.05) is 0 Å². The molecule has 1 aliphatic rings. The first-order valence-electron chi connectivity index (χ1n) is 5.39. The Bertz CT molecular complexity index is 650. The van der Waals surface area contributed by atoms with Gasteiger partial charge in [-0.05, 0) is 40.5 Å². The lowest BCUT2D eigenvalue weighted by Crippen LogP contribution is -2.27. The number of anilines is 1. The van der Waals surface area contributed by atoms with Crippen LogP contribution in [0.25, 0.3) is 0 Å². The average molecular weight is 371 g/mol. The van der Waals surface area contributed by atoms with E-state index in [0.717, 1.165) is 5.56 Å². The van der Waals surface area contributed by atoms with Crippen LogP contribution in [-0.4, -0.2) is 26.1 Å². The first-order valence-corrected chi connectivity index (χ1v) is 8.01. The van der Waals surface area contributed by atoms with Gasteiger partial charge in [-0.1, -0.05) is 11.6 Å². The maximum Gasteiger partial charge on any atom is 0.307 e. The van der Waals surface area contributed by atoms with Crippen LogP contribution in [0.4, 0.5) is 9.57 Å². The van der Waals surface area contributed by atoms with Crippen molar-refractivity contribution in [3.05, 3.63) is 27.2 Å². The molecule has 0 aromatic heterocycles. The van der Waals surface area contributed by atoms with Gasteiger partial charge in [0.1, 0.15) is 5.25 Å². The smallest absolute Gasteiger partial charge is 0.307 e. The van der Waals surface area contributed by atoms with Crippen molar-refractivity contribution in [3.8, 4) is 0 Å². The van der Waals surface area contributed by atoms with E-state index in [0.29, 0.717) is 15.2 Å². The van der Waals surface area contributed by atoms with Crippen LogP contribution in [0.1, 0.15) is 12.0 Å². The number of halogens is 3. The minimum Gasteiger partial charge on any atom is -0.310 e. The summed E-state index contributed by atoms with van der Waals surface area (Å²) in [6, 6.07) is 3.29. The van der Waals surface area contributed by atoms with Gasteiger partial charge in [-0.25, -0.2) is 0 Å². The highest BCUT2D eigenvalue weighted by molar-refractivity contribution is 9.10. The molecule has 0 N–H and O–H groups in total. The molecule has 1 aromatic carbocycles. The van der Waals surface area contributed by atoms with Crippen LogP contribution in [0.2, 0.25) is 5.02 Å². The Hall–Kier alpha value is -0.660. The summed E-state index contributed by atoms with van der Waals surface area (Å²) in [5, 5.41) is -0.857. The van der Waals surface area contributed by atoms with Crippen LogP contribution in [0.3, 0.4) is 0 Å². The number of hydrogen-bond donors (Lipinski definition) is 0. The molecule has 1 aromatic rings. The number of aryl methyl sites for hydroxylation is 1. The van der Waals surface area contributed by atoms with Crippen molar-refractivity contribution in [1.82, 2.24) is 0 Å². The van der Waals surface area contributed by atoms with Crippen LogP contribution in [0, 0.1) is 6.92 Å². The molecule has 4 nitrogen and oxygen atoms in total. The SMILES string of the molecule is Cc1cc(Br)c(N2CC(S(=O)(=O)F)CC2=O)cc1Cl. The molecular weight excluding hydrogens is 361 g/mol. The predicted molar refractivity (Wildman–Crippen MR) is 74.7 cm³/mol. The fourth-order valence-corrected chi connectivity index (χ4v) is 3.44. The summed E-state index contributed by atoms with van der Waals surface area (Å²) in [6.07, 6.45) is -0.350. The Morgan fingerprint density at radius 2 is 2.11 bits per heavy atom. The molecule has 0 radical (unpaired) electrons. The predicted octanol–water partition coefficient (Wildman–Crippen LogP) is 2.82. The van der Waals surface area contributed by atoms with E-state index in [1.165, 1.54) is 4.90 Å². The van der Waals surface area contributed by atoms with Crippen molar-refractivity contribution >= 4 is 49.3 Å². The topological polar surface area (TPSA) is 54.5 Å². The van der Waals surface area contributed by atoms with Crippen LogP contribution in [-0.2, 0) is 15.0 Å². The number of hydrogen-bond acceptors (Lipinski definition) is 3. The van der Waals surface area contributed by atoms with Gasteiger partial charge in [-0.3, -0.25) is 4.79 Å². The lowest BCUT2D eigenvalue weighted by Gasteiger charge is -2.18. The molecule has 1 atom stereocenters. The van der Waals surface area contributed by atoms with E-state index in [4.69, 9.17) is 11.6 Å². The number of rotatable bonds is 2. The van der Waals surface area contributed by atoms with Gasteiger partial charge in [-0.2, -0.15) is 8.42 Å². The number of amides is 1. The lowest BCUT2D eigenvalue weighted by atomic mass is 10.2. The molecule has 1 heterocycles. The Balaban J connectivity index is 2.39. The number of nitrogens with zero attached hydrogens (tertiary/aromatic N) is 1. The van der Waals surface area contributed by atoms with Gasteiger partial charge in [0.25, 0.3) is 0 Å². The molecule has 19 heavy (non-hydrogen) atoms. The fourth-order valence-electron chi connectivity index (χ4n) is 1.94. The minimum atomic E-state index is -4.72. The van der Waals surface area contributed by atoms with E-state index in [-0.39, 0.29) is 13.0 Å². The van der Waals surface area contributed by atoms with Gasteiger partial charge in [-0.15, -0.1) is 3.89 Å². The summed E-state index contributed by atoms with van der Waals surface area (Å²) < 4.78 is 35.3. The maximum atomic E-state index is 13.0. The Kier molecular flexibility index (Phi) is 3.90. The quantitative estimate of drug-likeness (QED) is 0.752. The Morgan fingerprint density at radius 1 is 1.47 bits per heavy atom. The zero-order chi connectivity index (χ0) is 14.4. The highest BCUT2D eigenvalue weighted by atomic mass is 79.9. The van der Waals surface area contributed by atoms with E-state index < -0.39 is 21.4 Å². The van der Waals surface area contributed by atoms with Crippen molar-refractivity contribution in [2.24, 2.45) is 0 Å². The van der Waals surface area contributed by atoms with Gasteiger partial charge >= 0.3 is 10.2 Å². The van der Waals surface area contributed by atoms with Crippen molar-refractivity contribution in [1.29, 1.82) is 0 Å². The van der Waals surface area contributed by atoms with Gasteiger partial charge in [0.05, 0.1) is 5.69 Å². The number of carbonyl (C=O) groups excluding carboxylic acids is 1. The molecule has 0 saturated carbocycles. The molecule has 1 unspecified atom stereocenters. The van der Waals surface area contributed by atoms with E-state index >= 15 is 0 Å². The van der Waals surface area contributed by atoms with Crippen molar-refractivity contribution in [2.75, 3.05) is 11.4 Å². The molecule has 1 aliphatic heterocycles. The van der Waals surface area contributed by atoms with E-state index in [1.54, 1.807) is 19.1 Å². The van der Waals surface area contributed by atoms with Crippen molar-refractivity contribution in [3.63, 3.8) is 0 Å². The van der Waals surface area contributed by atoms with E-state index in [9.17, 15) is 17.1 Å². The highest BCUT2D eigenvalue weighted by Gasteiger charge is 2.39. The summed E-state index contributed by atoms with van der Waals surface area (Å²) in [5.41, 5.74) is 1.27. The number of benzene rings is 1. The molecule has 1 saturated heterocycles. The molecule has 0 bridgehead atoms. The summed E-state index contributed by atoms with van der Waals surface area (Å²) in [7, 11) is -4.72. The van der Waals surface area contributed by atoms with Gasteiger partial charge in [0.15, 0.2) is 0 Å². The van der Waals surface area contributed by atoms with E-state index in [2.05, 4.69) is 15.9 Å². The third kappa shape index (κ3) is 2.93. The van der Waals surface area contributed by atoms with Crippen LogP contribution < -0.4 is 4.90 Å². The first kappa shape index (κ1) is 14.7. The molecule has 1 fully saturated rings. The summed E-state index contributed by atoms with van der Waals surface area (Å²) >= 11 is 9.28. The number of carbonyl (C=O) groups is 1. The summed E-state index contributed by atoms with van der Waals surface area (Å²) in [4.78, 5) is 13.0. The standard InChI is InChI=1S/C11H10BrClFNO3S/c1-6-2-8(12)10(4-9(6)13)15-5-7(3-11(15)16)19(14,17)18/h2,4,7H,3,5H2,1H3. The third-order valence-electron chi connectivity index (χ3n) is 3.01. The molecule has 104 valence electrons. The largest absolute Gasteiger partial charge is 0.310 e. The maximum absolute atomic E-state index is 13.0. The fraction of sp³-hybridized carbons (Fsp3) is 0.364.